The van der Waals surface area contributed by atoms with Crippen LogP contribution in [0.25, 0.3) is 0 Å². The molecule has 28 heavy (non-hydrogen) atoms. The van der Waals surface area contributed by atoms with Gasteiger partial charge in [-0.2, -0.15) is 5.10 Å². The zero-order valence-electron chi connectivity index (χ0n) is 17.3. The first-order valence-corrected chi connectivity index (χ1v) is 10.1. The first-order chi connectivity index (χ1) is 13.4. The van der Waals surface area contributed by atoms with Gasteiger partial charge in [0.2, 0.25) is 5.88 Å². The number of nitrogens with zero attached hydrogens (tertiary/aromatic N) is 2. The molecule has 1 aliphatic heterocycles. The standard InChI is InChI=1S/C22H31N3O3/c1-5-17-19(24-25-13-9-10-14-27-20(17)25)18(15-16-11-7-6-8-12-16)23-21(26)28-22(2,3)4/h6-8,11-12,18H,5,9-10,13-15H2,1-4H3,(H,23,26). The number of carbonyl (C=O) groups excluding carboxylic acids is 1. The maximum absolute atomic E-state index is 12.5. The van der Waals surface area contributed by atoms with Crippen LogP contribution in [0.3, 0.4) is 0 Å². The summed E-state index contributed by atoms with van der Waals surface area (Å²) in [6.45, 7) is 9.24. The van der Waals surface area contributed by atoms with Gasteiger partial charge in [-0.05, 0) is 52.0 Å². The van der Waals surface area contributed by atoms with E-state index in [-0.39, 0.29) is 6.04 Å². The maximum Gasteiger partial charge on any atom is 0.408 e. The minimum atomic E-state index is -0.552. The third-order valence-electron chi connectivity index (χ3n) is 4.69. The van der Waals surface area contributed by atoms with Crippen LogP contribution in [0.5, 0.6) is 5.88 Å². The van der Waals surface area contributed by atoms with Crippen molar-refractivity contribution >= 4 is 6.09 Å². The van der Waals surface area contributed by atoms with E-state index in [0.717, 1.165) is 48.5 Å². The van der Waals surface area contributed by atoms with E-state index in [0.29, 0.717) is 13.0 Å². The van der Waals surface area contributed by atoms with Crippen molar-refractivity contribution in [3.63, 3.8) is 0 Å². The molecule has 1 aromatic carbocycles. The molecule has 1 atom stereocenters. The summed E-state index contributed by atoms with van der Waals surface area (Å²) >= 11 is 0. The van der Waals surface area contributed by atoms with Crippen LogP contribution in [0.4, 0.5) is 4.79 Å². The monoisotopic (exact) mass is 385 g/mol. The Balaban J connectivity index is 1.93. The smallest absolute Gasteiger partial charge is 0.408 e. The van der Waals surface area contributed by atoms with E-state index in [1.165, 1.54) is 0 Å². The second kappa shape index (κ2) is 8.67. The molecule has 1 amide bonds. The van der Waals surface area contributed by atoms with E-state index >= 15 is 0 Å². The molecular formula is C22H31N3O3. The fourth-order valence-corrected chi connectivity index (χ4v) is 3.47. The first kappa shape index (κ1) is 20.2. The van der Waals surface area contributed by atoms with Gasteiger partial charge in [-0.25, -0.2) is 9.48 Å². The molecule has 6 heteroatoms. The molecule has 0 fully saturated rings. The van der Waals surface area contributed by atoms with Crippen LogP contribution in [0.1, 0.15) is 63.4 Å². The number of aryl methyl sites for hydroxylation is 1. The third kappa shape index (κ3) is 5.06. The third-order valence-corrected chi connectivity index (χ3v) is 4.69. The molecular weight excluding hydrogens is 354 g/mol. The lowest BCUT2D eigenvalue weighted by molar-refractivity contribution is 0.0502. The highest BCUT2D eigenvalue weighted by atomic mass is 16.6. The Morgan fingerprint density at radius 1 is 1.29 bits per heavy atom. The van der Waals surface area contributed by atoms with Crippen molar-refractivity contribution in [1.82, 2.24) is 15.1 Å². The topological polar surface area (TPSA) is 65.4 Å². The number of alkyl carbamates (subject to hydrolysis) is 1. The molecule has 0 spiro atoms. The highest BCUT2D eigenvalue weighted by molar-refractivity contribution is 5.68. The quantitative estimate of drug-likeness (QED) is 0.827. The summed E-state index contributed by atoms with van der Waals surface area (Å²) < 4.78 is 13.5. The summed E-state index contributed by atoms with van der Waals surface area (Å²) in [4.78, 5) is 12.5. The number of ether oxygens (including phenoxy) is 2. The number of carbonyl (C=O) groups is 1. The summed E-state index contributed by atoms with van der Waals surface area (Å²) in [7, 11) is 0. The molecule has 152 valence electrons. The lowest BCUT2D eigenvalue weighted by Gasteiger charge is -2.23. The van der Waals surface area contributed by atoms with Crippen molar-refractivity contribution < 1.29 is 14.3 Å². The van der Waals surface area contributed by atoms with Crippen LogP contribution in [0.15, 0.2) is 30.3 Å². The SMILES string of the molecule is CCc1c(C(Cc2ccccc2)NC(=O)OC(C)(C)C)nn2c1OCCCC2. The molecule has 1 N–H and O–H groups in total. The van der Waals surface area contributed by atoms with Gasteiger partial charge < -0.3 is 14.8 Å². The van der Waals surface area contributed by atoms with Crippen molar-refractivity contribution in [3.05, 3.63) is 47.2 Å². The predicted molar refractivity (Wildman–Crippen MR) is 109 cm³/mol. The predicted octanol–water partition coefficient (Wildman–Crippen LogP) is 4.43. The Morgan fingerprint density at radius 2 is 2.04 bits per heavy atom. The van der Waals surface area contributed by atoms with Crippen molar-refractivity contribution in [1.29, 1.82) is 0 Å². The van der Waals surface area contributed by atoms with Crippen LogP contribution >= 0.6 is 0 Å². The summed E-state index contributed by atoms with van der Waals surface area (Å²) in [5.74, 6) is 0.846. The zero-order valence-corrected chi connectivity index (χ0v) is 17.3. The summed E-state index contributed by atoms with van der Waals surface area (Å²) in [6.07, 6.45) is 3.08. The molecule has 1 unspecified atom stereocenters. The van der Waals surface area contributed by atoms with Gasteiger partial charge in [-0.15, -0.1) is 0 Å². The van der Waals surface area contributed by atoms with E-state index in [4.69, 9.17) is 14.6 Å². The van der Waals surface area contributed by atoms with Gasteiger partial charge in [0.15, 0.2) is 0 Å². The van der Waals surface area contributed by atoms with Crippen LogP contribution in [-0.4, -0.2) is 28.1 Å². The van der Waals surface area contributed by atoms with Gasteiger partial charge in [-0.1, -0.05) is 37.3 Å². The van der Waals surface area contributed by atoms with Crippen molar-refractivity contribution in [3.8, 4) is 5.88 Å². The van der Waals surface area contributed by atoms with E-state index in [1.54, 1.807) is 0 Å². The van der Waals surface area contributed by atoms with Gasteiger partial charge in [-0.3, -0.25) is 0 Å². The molecule has 2 aromatic rings. The molecule has 3 rings (SSSR count). The van der Waals surface area contributed by atoms with Crippen molar-refractivity contribution in [2.24, 2.45) is 0 Å². The number of hydrogen-bond acceptors (Lipinski definition) is 4. The highest BCUT2D eigenvalue weighted by Crippen LogP contribution is 2.31. The second-order valence-electron chi connectivity index (χ2n) is 8.19. The summed E-state index contributed by atoms with van der Waals surface area (Å²) in [5, 5.41) is 7.89. The lowest BCUT2D eigenvalue weighted by Crippen LogP contribution is -2.36. The van der Waals surface area contributed by atoms with Gasteiger partial charge >= 0.3 is 6.09 Å². The fraction of sp³-hybridized carbons (Fsp3) is 0.545. The molecule has 0 radical (unpaired) electrons. The van der Waals surface area contributed by atoms with Gasteiger partial charge in [0.05, 0.1) is 18.3 Å². The largest absolute Gasteiger partial charge is 0.478 e. The number of amides is 1. The normalized spacial score (nSPS) is 15.1. The van der Waals surface area contributed by atoms with E-state index in [2.05, 4.69) is 24.4 Å². The van der Waals surface area contributed by atoms with Gasteiger partial charge in [0, 0.05) is 12.1 Å². The average Bonchev–Trinajstić information content (AvgIpc) is 2.81. The van der Waals surface area contributed by atoms with E-state index in [9.17, 15) is 4.79 Å². The zero-order chi connectivity index (χ0) is 20.1. The first-order valence-electron chi connectivity index (χ1n) is 10.1. The molecule has 0 saturated heterocycles. The molecule has 1 aliphatic rings. The number of aromatic nitrogens is 2. The van der Waals surface area contributed by atoms with Crippen LogP contribution in [-0.2, 0) is 24.1 Å². The maximum atomic E-state index is 12.5. The number of rotatable bonds is 5. The summed E-state index contributed by atoms with van der Waals surface area (Å²) in [6, 6.07) is 9.84. The van der Waals surface area contributed by atoms with Crippen LogP contribution in [0.2, 0.25) is 0 Å². The van der Waals surface area contributed by atoms with E-state index < -0.39 is 11.7 Å². The highest BCUT2D eigenvalue weighted by Gasteiger charge is 2.28. The van der Waals surface area contributed by atoms with Gasteiger partial charge in [0.25, 0.3) is 0 Å². The fourth-order valence-electron chi connectivity index (χ4n) is 3.47. The Bertz CT molecular complexity index is 793. The van der Waals surface area contributed by atoms with Crippen molar-refractivity contribution in [2.75, 3.05) is 6.61 Å². The second-order valence-corrected chi connectivity index (χ2v) is 8.19. The Hall–Kier alpha value is -2.50. The molecule has 0 aliphatic carbocycles. The molecule has 6 nitrogen and oxygen atoms in total. The Kier molecular flexibility index (Phi) is 6.27. The number of hydrogen-bond donors (Lipinski definition) is 1. The average molecular weight is 386 g/mol. The number of nitrogens with one attached hydrogen (secondary N) is 1. The van der Waals surface area contributed by atoms with Crippen molar-refractivity contribution in [2.45, 2.75) is 71.6 Å². The number of fused-ring (bicyclic) bond motifs is 1. The lowest BCUT2D eigenvalue weighted by atomic mass is 9.99. The Labute approximate surface area is 167 Å². The molecule has 0 saturated carbocycles. The van der Waals surface area contributed by atoms with Crippen LogP contribution in [0, 0.1) is 0 Å². The van der Waals surface area contributed by atoms with E-state index in [1.807, 2.05) is 43.7 Å². The van der Waals surface area contributed by atoms with Gasteiger partial charge in [0.1, 0.15) is 5.60 Å². The Morgan fingerprint density at radius 3 is 2.71 bits per heavy atom. The minimum Gasteiger partial charge on any atom is -0.478 e. The molecule has 0 bridgehead atoms. The minimum absolute atomic E-state index is 0.282. The molecule has 2 heterocycles. The molecule has 1 aromatic heterocycles. The summed E-state index contributed by atoms with van der Waals surface area (Å²) in [5.41, 5.74) is 2.52. The van der Waals surface area contributed by atoms with Crippen LogP contribution < -0.4 is 10.1 Å². The number of benzene rings is 1.